The molecule has 4 rings (SSSR count). The van der Waals surface area contributed by atoms with Gasteiger partial charge in [0.05, 0.1) is 12.6 Å². The molecule has 0 bridgehead atoms. The van der Waals surface area contributed by atoms with Gasteiger partial charge in [-0.15, -0.1) is 0 Å². The molecule has 0 aliphatic carbocycles. The van der Waals surface area contributed by atoms with E-state index >= 15 is 0 Å². The standard InChI is InChI=1S/C29H34N2O/c1-3-23-12-10-11-17-26(23)29(2)18-20-31(21-19-29)27(32)22-30-28(24-13-6-4-7-14-24)25-15-8-5-9-16-25/h4-17,28,30H,3,18-22H2,1-2H3. The Labute approximate surface area is 192 Å². The normalized spacial score (nSPS) is 15.7. The predicted octanol–water partition coefficient (Wildman–Crippen LogP) is 5.51. The molecule has 0 unspecified atom stereocenters. The minimum atomic E-state index is 0.00726. The summed E-state index contributed by atoms with van der Waals surface area (Å²) in [6.07, 6.45) is 3.08. The molecule has 0 spiro atoms. The van der Waals surface area contributed by atoms with Crippen molar-refractivity contribution in [3.8, 4) is 0 Å². The van der Waals surface area contributed by atoms with E-state index in [0.29, 0.717) is 6.54 Å². The molecule has 1 N–H and O–H groups in total. The van der Waals surface area contributed by atoms with Crippen molar-refractivity contribution in [2.75, 3.05) is 19.6 Å². The zero-order valence-electron chi connectivity index (χ0n) is 19.3. The number of aryl methyl sites for hydroxylation is 1. The molecule has 1 aliphatic rings. The van der Waals surface area contributed by atoms with Gasteiger partial charge in [0.15, 0.2) is 0 Å². The quantitative estimate of drug-likeness (QED) is 0.540. The fraction of sp³-hybridized carbons (Fsp3) is 0.345. The summed E-state index contributed by atoms with van der Waals surface area (Å²) in [4.78, 5) is 15.1. The number of likely N-dealkylation sites (tertiary alicyclic amines) is 1. The molecule has 0 aromatic heterocycles. The van der Waals surface area contributed by atoms with Crippen LogP contribution >= 0.6 is 0 Å². The van der Waals surface area contributed by atoms with Crippen LogP contribution in [-0.4, -0.2) is 30.4 Å². The monoisotopic (exact) mass is 426 g/mol. The zero-order chi connectivity index (χ0) is 22.4. The molecule has 1 aliphatic heterocycles. The van der Waals surface area contributed by atoms with E-state index in [9.17, 15) is 4.79 Å². The van der Waals surface area contributed by atoms with Gasteiger partial charge in [-0.05, 0) is 46.9 Å². The van der Waals surface area contributed by atoms with E-state index in [-0.39, 0.29) is 17.4 Å². The topological polar surface area (TPSA) is 32.3 Å². The van der Waals surface area contributed by atoms with Crippen molar-refractivity contribution < 1.29 is 4.79 Å². The molecule has 0 atom stereocenters. The Balaban J connectivity index is 1.40. The van der Waals surface area contributed by atoms with Crippen molar-refractivity contribution in [3.63, 3.8) is 0 Å². The molecule has 1 fully saturated rings. The van der Waals surface area contributed by atoms with Crippen molar-refractivity contribution in [3.05, 3.63) is 107 Å². The molecule has 166 valence electrons. The molecule has 3 heteroatoms. The van der Waals surface area contributed by atoms with Gasteiger partial charge in [-0.2, -0.15) is 0 Å². The summed E-state index contributed by atoms with van der Waals surface area (Å²) in [7, 11) is 0. The maximum Gasteiger partial charge on any atom is 0.236 e. The number of piperidine rings is 1. The molecule has 0 radical (unpaired) electrons. The molecule has 1 heterocycles. The Kier molecular flexibility index (Phi) is 7.06. The van der Waals surface area contributed by atoms with Crippen LogP contribution in [0.25, 0.3) is 0 Å². The first-order chi connectivity index (χ1) is 15.6. The Morgan fingerprint density at radius 2 is 1.41 bits per heavy atom. The van der Waals surface area contributed by atoms with E-state index in [1.165, 1.54) is 22.3 Å². The van der Waals surface area contributed by atoms with Gasteiger partial charge in [0, 0.05) is 13.1 Å². The highest BCUT2D eigenvalue weighted by molar-refractivity contribution is 5.78. The molecule has 1 amide bonds. The van der Waals surface area contributed by atoms with Crippen LogP contribution in [0.4, 0.5) is 0 Å². The number of amides is 1. The third-order valence-corrected chi connectivity index (χ3v) is 6.99. The lowest BCUT2D eigenvalue weighted by Gasteiger charge is -2.41. The van der Waals surface area contributed by atoms with Gasteiger partial charge in [0.25, 0.3) is 0 Å². The van der Waals surface area contributed by atoms with Gasteiger partial charge in [0.2, 0.25) is 5.91 Å². The minimum Gasteiger partial charge on any atom is -0.342 e. The van der Waals surface area contributed by atoms with Crippen LogP contribution in [0.5, 0.6) is 0 Å². The molecule has 3 nitrogen and oxygen atoms in total. The maximum absolute atomic E-state index is 13.1. The lowest BCUT2D eigenvalue weighted by atomic mass is 9.72. The van der Waals surface area contributed by atoms with Gasteiger partial charge in [-0.25, -0.2) is 0 Å². The second kappa shape index (κ2) is 10.1. The molecule has 1 saturated heterocycles. The Morgan fingerprint density at radius 3 is 1.97 bits per heavy atom. The zero-order valence-corrected chi connectivity index (χ0v) is 19.3. The lowest BCUT2D eigenvalue weighted by Crippen LogP contribution is -2.47. The number of benzene rings is 3. The Hall–Kier alpha value is -2.91. The van der Waals surface area contributed by atoms with E-state index in [1.807, 2.05) is 41.3 Å². The summed E-state index contributed by atoms with van der Waals surface area (Å²) < 4.78 is 0. The highest BCUT2D eigenvalue weighted by Crippen LogP contribution is 2.37. The van der Waals surface area contributed by atoms with Crippen LogP contribution in [-0.2, 0) is 16.6 Å². The molecule has 32 heavy (non-hydrogen) atoms. The number of rotatable bonds is 7. The predicted molar refractivity (Wildman–Crippen MR) is 132 cm³/mol. The number of carbonyl (C=O) groups is 1. The Bertz CT molecular complexity index is 968. The number of nitrogens with zero attached hydrogens (tertiary/aromatic N) is 1. The first-order valence-electron chi connectivity index (χ1n) is 11.8. The summed E-state index contributed by atoms with van der Waals surface area (Å²) in [5, 5.41) is 3.53. The summed E-state index contributed by atoms with van der Waals surface area (Å²) in [5.41, 5.74) is 5.39. The fourth-order valence-electron chi connectivity index (χ4n) is 4.96. The SMILES string of the molecule is CCc1ccccc1C1(C)CCN(C(=O)CNC(c2ccccc2)c2ccccc2)CC1. The third kappa shape index (κ3) is 4.94. The van der Waals surface area contributed by atoms with Crippen LogP contribution < -0.4 is 5.32 Å². The lowest BCUT2D eigenvalue weighted by molar-refractivity contribution is -0.131. The van der Waals surface area contributed by atoms with Crippen LogP contribution in [0.3, 0.4) is 0 Å². The van der Waals surface area contributed by atoms with Crippen molar-refractivity contribution in [2.24, 2.45) is 0 Å². The van der Waals surface area contributed by atoms with E-state index in [4.69, 9.17) is 0 Å². The first-order valence-corrected chi connectivity index (χ1v) is 11.8. The summed E-state index contributed by atoms with van der Waals surface area (Å²) in [5.74, 6) is 0.188. The van der Waals surface area contributed by atoms with Gasteiger partial charge in [-0.3, -0.25) is 10.1 Å². The van der Waals surface area contributed by atoms with Crippen molar-refractivity contribution in [1.29, 1.82) is 0 Å². The van der Waals surface area contributed by atoms with Crippen LogP contribution in [0.15, 0.2) is 84.9 Å². The van der Waals surface area contributed by atoms with E-state index in [0.717, 1.165) is 32.4 Å². The average Bonchev–Trinajstić information content (AvgIpc) is 2.86. The molecule has 0 saturated carbocycles. The maximum atomic E-state index is 13.1. The molecule has 3 aromatic rings. The van der Waals surface area contributed by atoms with Crippen molar-refractivity contribution >= 4 is 5.91 Å². The largest absolute Gasteiger partial charge is 0.342 e. The summed E-state index contributed by atoms with van der Waals surface area (Å²) in [6.45, 7) is 6.56. The first kappa shape index (κ1) is 22.3. The fourth-order valence-corrected chi connectivity index (χ4v) is 4.96. The van der Waals surface area contributed by atoms with Crippen LogP contribution in [0.2, 0.25) is 0 Å². The molecule has 3 aromatic carbocycles. The van der Waals surface area contributed by atoms with Gasteiger partial charge >= 0.3 is 0 Å². The minimum absolute atomic E-state index is 0.00726. The Morgan fingerprint density at radius 1 is 0.875 bits per heavy atom. The van der Waals surface area contributed by atoms with Crippen LogP contribution in [0, 0.1) is 0 Å². The second-order valence-electron chi connectivity index (χ2n) is 9.09. The smallest absolute Gasteiger partial charge is 0.236 e. The van der Waals surface area contributed by atoms with Crippen molar-refractivity contribution in [1.82, 2.24) is 10.2 Å². The highest BCUT2D eigenvalue weighted by Gasteiger charge is 2.34. The average molecular weight is 427 g/mol. The number of hydrogen-bond donors (Lipinski definition) is 1. The number of nitrogens with one attached hydrogen (secondary N) is 1. The van der Waals surface area contributed by atoms with E-state index in [1.54, 1.807) is 0 Å². The molecular weight excluding hydrogens is 392 g/mol. The second-order valence-corrected chi connectivity index (χ2v) is 9.09. The van der Waals surface area contributed by atoms with Gasteiger partial charge in [0.1, 0.15) is 0 Å². The van der Waals surface area contributed by atoms with Gasteiger partial charge in [-0.1, -0.05) is 98.8 Å². The summed E-state index contributed by atoms with van der Waals surface area (Å²) in [6, 6.07) is 29.5. The van der Waals surface area contributed by atoms with E-state index < -0.39 is 0 Å². The highest BCUT2D eigenvalue weighted by atomic mass is 16.2. The number of hydrogen-bond acceptors (Lipinski definition) is 2. The van der Waals surface area contributed by atoms with Gasteiger partial charge < -0.3 is 4.90 Å². The third-order valence-electron chi connectivity index (χ3n) is 6.99. The molecular formula is C29H34N2O. The van der Waals surface area contributed by atoms with Crippen LogP contribution in [0.1, 0.15) is 55.0 Å². The van der Waals surface area contributed by atoms with E-state index in [2.05, 4.69) is 67.7 Å². The summed E-state index contributed by atoms with van der Waals surface area (Å²) >= 11 is 0. The number of carbonyl (C=O) groups excluding carboxylic acids is 1. The van der Waals surface area contributed by atoms with Crippen molar-refractivity contribution in [2.45, 2.75) is 44.6 Å².